The van der Waals surface area contributed by atoms with Crippen LogP contribution in [0.2, 0.25) is 0 Å². The molecule has 5 aromatic carbocycles. The molecule has 39 heteroatoms. The van der Waals surface area contributed by atoms with Gasteiger partial charge in [-0.1, -0.05) is 132 Å². The lowest BCUT2D eigenvalue weighted by atomic mass is 9.98. The smallest absolute Gasteiger partial charge is 0.293 e. The Labute approximate surface area is 761 Å². The van der Waals surface area contributed by atoms with Crippen LogP contribution in [0.25, 0.3) is 10.9 Å². The molecule has 9 rings (SSSR count). The van der Waals surface area contributed by atoms with Crippen LogP contribution in [0.5, 0.6) is 5.75 Å². The van der Waals surface area contributed by atoms with E-state index in [0.717, 1.165) is 50.7 Å². The Bertz CT molecular complexity index is 5030. The van der Waals surface area contributed by atoms with Gasteiger partial charge in [0.2, 0.25) is 88.6 Å². The number of hydrogen-bond donors (Lipinski definition) is 12. The number of amides is 15. The van der Waals surface area contributed by atoms with Gasteiger partial charge in [-0.3, -0.25) is 81.5 Å². The van der Waals surface area contributed by atoms with E-state index in [4.69, 9.17) is 15.2 Å². The maximum Gasteiger partial charge on any atom is 0.293 e. The molecule has 0 unspecified atom stereocenters. The lowest BCUT2D eigenvalue weighted by molar-refractivity contribution is -0.152. The molecule has 0 bridgehead atoms. The fourth-order valence-corrected chi connectivity index (χ4v) is 16.9. The first-order valence-electron chi connectivity index (χ1n) is 43.5. The number of carbonyl (C=O) groups excluding carboxylic acids is 17. The fourth-order valence-electron chi connectivity index (χ4n) is 16.1. The highest BCUT2D eigenvalue weighted by molar-refractivity contribution is 8.00. The number of nitrogens with two attached hydrogens (primary N) is 1. The zero-order valence-electron chi connectivity index (χ0n) is 74.3. The molecule has 6 aromatic rings. The van der Waals surface area contributed by atoms with Gasteiger partial charge in [-0.05, 0) is 121 Å². The zero-order chi connectivity index (χ0) is 95.3. The number of rotatable bonds is 25. The predicted molar refractivity (Wildman–Crippen MR) is 476 cm³/mol. The van der Waals surface area contributed by atoms with Gasteiger partial charge in [0.1, 0.15) is 109 Å². The first-order valence-corrected chi connectivity index (χ1v) is 44.7. The number of unbranched alkanes of at least 4 members (excludes halogenated alkanes) is 1. The Morgan fingerprint density at radius 2 is 1.01 bits per heavy atom. The van der Waals surface area contributed by atoms with Gasteiger partial charge in [0, 0.05) is 89.2 Å². The van der Waals surface area contributed by atoms with Gasteiger partial charge in [0.15, 0.2) is 0 Å². The van der Waals surface area contributed by atoms with Crippen molar-refractivity contribution in [1.82, 2.24) is 77.3 Å². The number of carbonyl (C=O) groups is 17. The summed E-state index contributed by atoms with van der Waals surface area (Å²) in [7, 11) is 3.91. The minimum absolute atomic E-state index is 0.0000449. The number of aromatic nitrogens is 1. The van der Waals surface area contributed by atoms with Crippen LogP contribution < -0.4 is 53.6 Å². The molecule has 0 spiro atoms. The minimum atomic E-state index is -1.83. The summed E-state index contributed by atoms with van der Waals surface area (Å²) in [5.41, 5.74) is 8.14. The van der Waals surface area contributed by atoms with Crippen LogP contribution in [0.1, 0.15) is 114 Å². The summed E-state index contributed by atoms with van der Waals surface area (Å²) in [5.74, 6) is -17.6. The quantitative estimate of drug-likeness (QED) is 0.0362. The van der Waals surface area contributed by atoms with E-state index in [-0.39, 0.29) is 102 Å². The second-order valence-electron chi connectivity index (χ2n) is 33.6. The van der Waals surface area contributed by atoms with Gasteiger partial charge in [-0.2, -0.15) is 0 Å². The first kappa shape index (κ1) is 101. The normalized spacial score (nSPS) is 23.7. The van der Waals surface area contributed by atoms with Crippen molar-refractivity contribution in [3.05, 3.63) is 173 Å². The van der Waals surface area contributed by atoms with Crippen molar-refractivity contribution in [1.29, 1.82) is 0 Å². The van der Waals surface area contributed by atoms with Crippen LogP contribution in [-0.2, 0) is 123 Å². The van der Waals surface area contributed by atoms with Crippen LogP contribution in [-0.4, -0.2) is 280 Å². The molecule has 13 atom stereocenters. The number of hydrogen-bond acceptors (Lipinski definition) is 21. The van der Waals surface area contributed by atoms with E-state index in [1.807, 2.05) is 6.92 Å². The first-order chi connectivity index (χ1) is 62.6. The largest absolute Gasteiger partial charge is 0.508 e. The average molecular weight is 1840 g/mol. The number of H-pyrrole nitrogens is 1. The van der Waals surface area contributed by atoms with E-state index in [1.165, 1.54) is 79.5 Å². The molecule has 1 aromatic heterocycles. The minimum Gasteiger partial charge on any atom is -0.508 e. The number of halogens is 2. The Morgan fingerprint density at radius 3 is 1.60 bits per heavy atom. The third-order valence-corrected chi connectivity index (χ3v) is 24.3. The van der Waals surface area contributed by atoms with Crippen molar-refractivity contribution in [2.45, 2.75) is 197 Å². The van der Waals surface area contributed by atoms with E-state index in [1.54, 1.807) is 88.5 Å². The average Bonchev–Trinajstić information content (AvgIpc) is 1.32. The van der Waals surface area contributed by atoms with E-state index < -0.39 is 228 Å². The van der Waals surface area contributed by atoms with Crippen molar-refractivity contribution in [3.63, 3.8) is 0 Å². The van der Waals surface area contributed by atoms with E-state index in [2.05, 4.69) is 52.8 Å². The molecule has 0 aliphatic carbocycles. The summed E-state index contributed by atoms with van der Waals surface area (Å²) in [6, 6.07) is 10.8. The number of likely N-dealkylation sites (N-methyl/N-ethyl adjacent to an activating group) is 3. The van der Waals surface area contributed by atoms with Crippen LogP contribution in [0, 0.1) is 23.5 Å². The van der Waals surface area contributed by atoms with Gasteiger partial charge >= 0.3 is 0 Å². The van der Waals surface area contributed by atoms with E-state index in [0.29, 0.717) is 46.0 Å². The number of fused-ring (bicyclic) bond motifs is 3. The molecule has 0 saturated carbocycles. The van der Waals surface area contributed by atoms with Crippen LogP contribution in [0.15, 0.2) is 134 Å². The highest BCUT2D eigenvalue weighted by Crippen LogP contribution is 2.28. The Balaban J connectivity index is 1.12. The standard InChI is InChI=1S/C92H116F2N16O20S/c1-9-10-22-74-91(127)110-38-17-24-73(110)86(122)102-69(47-129-51-111)84(120)105-79(54(4)5)92(128)107(7)75(42-58-27-33-61(94)34-28-58)87(123)103-70(48-130-52-112)89(125)109-37-16-23-72(109)85(121)101-67(44-59-45-96-64-21-15-14-20-63(59)64)83(119)100-66(40-57-29-35-62(113)36-30-57)82(118)99-65(39-53(2)3)81(117)104-71(80(116)97-46-77(95)114)49-131-50-78(115)98-68(41-56-25-31-60(93)32-26-56)88(124)108(8)76(90(126)106(74)6)43-55-18-12-11-13-19-55/h11-15,18-21,25-36,45,51-54,65-76,79,96,113H,9-10,16-17,22-24,37-44,46-50H2,1-8H3,(H2,95,114)(H,97,116)(H,98,115)(H,99,118)(H,100,119)(H,101,121)(H,102,122)(H,103,123)(H,104,117)(H,105,120)/t65-,66-,67-,68-,69-,70-,71-,72+,73+,74-,75-,76-,79-/m0/s1. The molecule has 3 fully saturated rings. The molecule has 36 nitrogen and oxygen atoms in total. The van der Waals surface area contributed by atoms with Gasteiger partial charge in [0.05, 0.1) is 12.3 Å². The Hall–Kier alpha value is -13.4. The van der Waals surface area contributed by atoms with Gasteiger partial charge < -0.3 is 97.6 Å². The second kappa shape index (κ2) is 48.9. The fraction of sp³-hybridized carbons (Fsp3) is 0.467. The zero-order valence-corrected chi connectivity index (χ0v) is 75.2. The number of benzene rings is 5. The SMILES string of the molecule is CCCC[C@H]1C(=O)N2CCC[C@@H]2C(=O)N[C@@H](COC=O)C(=O)N[C@@H](C(C)C)C(=O)N(C)[C@@H](Cc2ccc(F)cc2)C(=O)N[C@@H](COC=O)C(=O)N2CCC[C@@H]2C(=O)N[C@@H](Cc2c[nH]c3ccccc23)C(=O)N[C@@H](Cc2ccc(O)cc2)C(=O)N[C@@H](CC(C)C)C(=O)N[C@H](C(=O)NCC(N)=O)CSCC(=O)N[C@@H](Cc2ccc(F)cc2)C(=O)N(C)[C@@H](Cc2ccccc2)C(=O)N1C. The molecule has 13 N–H and O–H groups in total. The highest BCUT2D eigenvalue weighted by Gasteiger charge is 2.46. The summed E-state index contributed by atoms with van der Waals surface area (Å²) in [6.45, 7) is 5.81. The number of thioether (sulfide) groups is 1. The lowest BCUT2D eigenvalue weighted by Crippen LogP contribution is -2.62. The van der Waals surface area contributed by atoms with Crippen LogP contribution >= 0.6 is 11.8 Å². The van der Waals surface area contributed by atoms with Crippen LogP contribution in [0.3, 0.4) is 0 Å². The number of phenols is 1. The summed E-state index contributed by atoms with van der Waals surface area (Å²) in [6.07, 6.45) is 1.27. The van der Waals surface area contributed by atoms with Gasteiger partial charge in [-0.25, -0.2) is 8.78 Å². The molecule has 3 aliphatic rings. The Morgan fingerprint density at radius 1 is 0.519 bits per heavy atom. The highest BCUT2D eigenvalue weighted by atomic mass is 32.2. The molecule has 3 aliphatic heterocycles. The topological polar surface area (TPSA) is 495 Å². The van der Waals surface area contributed by atoms with Crippen molar-refractivity contribution >= 4 is 124 Å². The number of nitrogens with one attached hydrogen (secondary N) is 10. The second-order valence-corrected chi connectivity index (χ2v) is 34.6. The monoisotopic (exact) mass is 1830 g/mol. The summed E-state index contributed by atoms with van der Waals surface area (Å²) < 4.78 is 39.5. The summed E-state index contributed by atoms with van der Waals surface area (Å²) in [5, 5.41) is 34.9. The molecule has 15 amide bonds. The molecular weight excluding hydrogens is 1720 g/mol. The molecular formula is C92H116F2N16O20S. The van der Waals surface area contributed by atoms with E-state index >= 15 is 43.2 Å². The van der Waals surface area contributed by atoms with Crippen LogP contribution in [0.4, 0.5) is 8.78 Å². The van der Waals surface area contributed by atoms with E-state index in [9.17, 15) is 52.2 Å². The molecule has 704 valence electrons. The van der Waals surface area contributed by atoms with Crippen molar-refractivity contribution < 1.29 is 105 Å². The van der Waals surface area contributed by atoms with Crippen molar-refractivity contribution in [2.75, 3.05) is 65.5 Å². The van der Waals surface area contributed by atoms with Gasteiger partial charge in [-0.15, -0.1) is 11.8 Å². The number of aromatic hydroxyl groups is 1. The summed E-state index contributed by atoms with van der Waals surface area (Å²) >= 11 is 0.784. The number of aromatic amines is 1. The summed E-state index contributed by atoms with van der Waals surface area (Å²) in [4.78, 5) is 257. The number of nitrogens with zero attached hydrogens (tertiary/aromatic N) is 5. The maximum absolute atomic E-state index is 15.7. The number of para-hydroxylation sites is 1. The Kier molecular flexibility index (Phi) is 37.8. The van der Waals surface area contributed by atoms with Crippen molar-refractivity contribution in [2.24, 2.45) is 17.6 Å². The van der Waals surface area contributed by atoms with Gasteiger partial charge in [0.25, 0.3) is 12.9 Å². The number of phenolic OH excluding ortho intramolecular Hbond substituents is 1. The molecule has 3 saturated heterocycles. The molecule has 131 heavy (non-hydrogen) atoms. The predicted octanol–water partition coefficient (Wildman–Crippen LogP) is 1.59. The number of primary amides is 1. The molecule has 0 radical (unpaired) electrons. The lowest BCUT2D eigenvalue weighted by Gasteiger charge is -2.38. The molecule has 4 heterocycles. The number of ether oxygens (including phenoxy) is 2. The van der Waals surface area contributed by atoms with Crippen molar-refractivity contribution in [3.8, 4) is 5.75 Å². The maximum atomic E-state index is 15.7. The third kappa shape index (κ3) is 28.6. The third-order valence-electron chi connectivity index (χ3n) is 23.2.